The molecule has 0 saturated heterocycles. The lowest BCUT2D eigenvalue weighted by molar-refractivity contribution is 0.427. The molecule has 0 bridgehead atoms. The van der Waals surface area contributed by atoms with Crippen LogP contribution in [-0.2, 0) is 6.54 Å². The van der Waals surface area contributed by atoms with Crippen LogP contribution < -0.4 is 0 Å². The van der Waals surface area contributed by atoms with Crippen molar-refractivity contribution >= 4 is 22.6 Å². The van der Waals surface area contributed by atoms with E-state index in [0.717, 1.165) is 3.57 Å². The smallest absolute Gasteiger partial charge is 0.175 e. The van der Waals surface area contributed by atoms with Crippen LogP contribution in [0.4, 0.5) is 4.39 Å². The van der Waals surface area contributed by atoms with Gasteiger partial charge in [-0.2, -0.15) is 10.4 Å². The lowest BCUT2D eigenvalue weighted by atomic mass is 10.5. The fraction of sp³-hybridized carbons (Fsp3) is 0.333. The molecule has 0 aliphatic heterocycles. The van der Waals surface area contributed by atoms with Gasteiger partial charge in [0.15, 0.2) is 5.69 Å². The molecule has 1 rings (SSSR count). The summed E-state index contributed by atoms with van der Waals surface area (Å²) in [5.74, 6) is 0. The zero-order valence-corrected chi connectivity index (χ0v) is 7.75. The topological polar surface area (TPSA) is 41.6 Å². The molecule has 1 heterocycles. The van der Waals surface area contributed by atoms with Gasteiger partial charge in [0, 0.05) is 6.20 Å². The number of halogens is 2. The second kappa shape index (κ2) is 3.67. The van der Waals surface area contributed by atoms with E-state index in [4.69, 9.17) is 5.26 Å². The third-order valence-electron chi connectivity index (χ3n) is 1.14. The Morgan fingerprint density at radius 3 is 3.00 bits per heavy atom. The van der Waals surface area contributed by atoms with Crippen molar-refractivity contribution in [3.05, 3.63) is 15.5 Å². The number of alkyl halides is 1. The Labute approximate surface area is 77.0 Å². The predicted octanol–water partition coefficient (Wildman–Crippen LogP) is 1.33. The SMILES string of the molecule is N#Cc1nn(CCF)cc1I. The van der Waals surface area contributed by atoms with Gasteiger partial charge in [-0.05, 0) is 22.6 Å². The maximum atomic E-state index is 11.8. The van der Waals surface area contributed by atoms with Gasteiger partial charge in [-0.15, -0.1) is 0 Å². The summed E-state index contributed by atoms with van der Waals surface area (Å²) < 4.78 is 14.0. The van der Waals surface area contributed by atoms with Crippen molar-refractivity contribution in [2.45, 2.75) is 6.54 Å². The minimum Gasteiger partial charge on any atom is -0.268 e. The number of rotatable bonds is 2. The average molecular weight is 265 g/mol. The van der Waals surface area contributed by atoms with Gasteiger partial charge in [0.05, 0.1) is 10.1 Å². The fourth-order valence-electron chi connectivity index (χ4n) is 0.674. The van der Waals surface area contributed by atoms with Crippen molar-refractivity contribution < 1.29 is 4.39 Å². The summed E-state index contributed by atoms with van der Waals surface area (Å²) in [6.07, 6.45) is 1.65. The van der Waals surface area contributed by atoms with Crippen LogP contribution in [0.3, 0.4) is 0 Å². The second-order valence-electron chi connectivity index (χ2n) is 1.89. The van der Waals surface area contributed by atoms with Crippen LogP contribution in [0.25, 0.3) is 0 Å². The van der Waals surface area contributed by atoms with Crippen molar-refractivity contribution in [2.24, 2.45) is 0 Å². The first kappa shape index (κ1) is 8.46. The molecule has 3 nitrogen and oxygen atoms in total. The molecule has 0 spiro atoms. The van der Waals surface area contributed by atoms with E-state index in [-0.39, 0.29) is 6.54 Å². The molecule has 58 valence electrons. The zero-order chi connectivity index (χ0) is 8.27. The van der Waals surface area contributed by atoms with Crippen LogP contribution in [0, 0.1) is 14.9 Å². The summed E-state index contributed by atoms with van der Waals surface area (Å²) in [5.41, 5.74) is 0.360. The van der Waals surface area contributed by atoms with E-state index < -0.39 is 6.67 Å². The molecule has 0 radical (unpaired) electrons. The van der Waals surface area contributed by atoms with Crippen molar-refractivity contribution in [1.82, 2.24) is 9.78 Å². The molecule has 0 aromatic carbocycles. The third-order valence-corrected chi connectivity index (χ3v) is 1.93. The number of nitrogens with zero attached hydrogens (tertiary/aromatic N) is 3. The minimum absolute atomic E-state index is 0.220. The highest BCUT2D eigenvalue weighted by molar-refractivity contribution is 14.1. The van der Waals surface area contributed by atoms with Gasteiger partial charge in [0.25, 0.3) is 0 Å². The Hall–Kier alpha value is -0.640. The monoisotopic (exact) mass is 265 g/mol. The Balaban J connectivity index is 2.89. The van der Waals surface area contributed by atoms with Gasteiger partial charge in [0.2, 0.25) is 0 Å². The summed E-state index contributed by atoms with van der Waals surface area (Å²) in [4.78, 5) is 0. The molecule has 5 heteroatoms. The van der Waals surface area contributed by atoms with Gasteiger partial charge >= 0.3 is 0 Å². The maximum Gasteiger partial charge on any atom is 0.175 e. The summed E-state index contributed by atoms with van der Waals surface area (Å²) in [6, 6.07) is 1.91. The highest BCUT2D eigenvalue weighted by atomic mass is 127. The number of hydrogen-bond acceptors (Lipinski definition) is 2. The van der Waals surface area contributed by atoms with Crippen LogP contribution in [0.15, 0.2) is 6.20 Å². The van der Waals surface area contributed by atoms with Crippen molar-refractivity contribution in [3.63, 3.8) is 0 Å². The molecule has 0 aliphatic rings. The Morgan fingerprint density at radius 1 is 1.82 bits per heavy atom. The molecular weight excluding hydrogens is 260 g/mol. The quantitative estimate of drug-likeness (QED) is 0.757. The van der Waals surface area contributed by atoms with E-state index in [1.54, 1.807) is 6.20 Å². The van der Waals surface area contributed by atoms with Gasteiger partial charge < -0.3 is 0 Å². The Morgan fingerprint density at radius 2 is 2.55 bits per heavy atom. The second-order valence-corrected chi connectivity index (χ2v) is 3.05. The third kappa shape index (κ3) is 1.89. The summed E-state index contributed by atoms with van der Waals surface area (Å²) in [6.45, 7) is -0.236. The largest absolute Gasteiger partial charge is 0.268 e. The summed E-state index contributed by atoms with van der Waals surface area (Å²) in [7, 11) is 0. The van der Waals surface area contributed by atoms with Gasteiger partial charge in [0.1, 0.15) is 12.7 Å². The summed E-state index contributed by atoms with van der Waals surface area (Å²) >= 11 is 1.99. The average Bonchev–Trinajstić information content (AvgIpc) is 2.32. The Kier molecular flexibility index (Phi) is 2.82. The van der Waals surface area contributed by atoms with Gasteiger partial charge in [-0.3, -0.25) is 4.68 Å². The highest BCUT2D eigenvalue weighted by Crippen LogP contribution is 2.08. The standard InChI is InChI=1S/C6H5FIN3/c7-1-2-11-4-5(8)6(3-9)10-11/h4H,1-2H2. The lowest BCUT2D eigenvalue weighted by Crippen LogP contribution is -1.99. The molecule has 0 saturated carbocycles. The van der Waals surface area contributed by atoms with Crippen molar-refractivity contribution in [3.8, 4) is 6.07 Å². The molecule has 0 aliphatic carbocycles. The number of aromatic nitrogens is 2. The van der Waals surface area contributed by atoms with Gasteiger partial charge in [-0.25, -0.2) is 4.39 Å². The van der Waals surface area contributed by atoms with E-state index in [1.807, 2.05) is 28.7 Å². The van der Waals surface area contributed by atoms with Crippen LogP contribution in [-0.4, -0.2) is 16.5 Å². The van der Waals surface area contributed by atoms with Crippen LogP contribution >= 0.6 is 22.6 Å². The van der Waals surface area contributed by atoms with Crippen LogP contribution in [0.2, 0.25) is 0 Å². The summed E-state index contributed by atoms with van der Waals surface area (Å²) in [5, 5.41) is 12.3. The molecule has 0 fully saturated rings. The molecular formula is C6H5FIN3. The van der Waals surface area contributed by atoms with E-state index >= 15 is 0 Å². The van der Waals surface area contributed by atoms with E-state index in [1.165, 1.54) is 4.68 Å². The van der Waals surface area contributed by atoms with Gasteiger partial charge in [-0.1, -0.05) is 0 Å². The molecule has 11 heavy (non-hydrogen) atoms. The Bertz CT molecular complexity index is 289. The van der Waals surface area contributed by atoms with Crippen molar-refractivity contribution in [2.75, 3.05) is 6.67 Å². The lowest BCUT2D eigenvalue weighted by Gasteiger charge is -1.91. The number of aryl methyl sites for hydroxylation is 1. The molecule has 1 aromatic heterocycles. The predicted molar refractivity (Wildman–Crippen MR) is 45.6 cm³/mol. The fourth-order valence-corrected chi connectivity index (χ4v) is 1.22. The highest BCUT2D eigenvalue weighted by Gasteiger charge is 2.03. The van der Waals surface area contributed by atoms with E-state index in [9.17, 15) is 4.39 Å². The van der Waals surface area contributed by atoms with Crippen LogP contribution in [0.1, 0.15) is 5.69 Å². The molecule has 0 atom stereocenters. The van der Waals surface area contributed by atoms with Crippen molar-refractivity contribution in [1.29, 1.82) is 5.26 Å². The number of hydrogen-bond donors (Lipinski definition) is 0. The molecule has 0 amide bonds. The first-order valence-electron chi connectivity index (χ1n) is 2.97. The number of nitriles is 1. The normalized spacial score (nSPS) is 9.55. The maximum absolute atomic E-state index is 11.8. The molecule has 0 unspecified atom stereocenters. The molecule has 0 N–H and O–H groups in total. The van der Waals surface area contributed by atoms with E-state index in [0.29, 0.717) is 5.69 Å². The van der Waals surface area contributed by atoms with E-state index in [2.05, 4.69) is 5.10 Å². The van der Waals surface area contributed by atoms with Crippen LogP contribution in [0.5, 0.6) is 0 Å². The zero-order valence-electron chi connectivity index (χ0n) is 5.59. The first-order chi connectivity index (χ1) is 5.27. The minimum atomic E-state index is -0.456. The molecule has 1 aromatic rings. The first-order valence-corrected chi connectivity index (χ1v) is 4.05.